The topological polar surface area (TPSA) is 67.9 Å². The number of rotatable bonds is 3. The van der Waals surface area contributed by atoms with Crippen molar-refractivity contribution in [1.82, 2.24) is 5.32 Å². The molecule has 6 nitrogen and oxygen atoms in total. The second-order valence-electron chi connectivity index (χ2n) is 5.86. The Labute approximate surface area is 138 Å². The van der Waals surface area contributed by atoms with Crippen molar-refractivity contribution in [1.29, 1.82) is 0 Å². The van der Waals surface area contributed by atoms with E-state index in [4.69, 9.17) is 9.47 Å². The second-order valence-corrected chi connectivity index (χ2v) is 7.18. The van der Waals surface area contributed by atoms with E-state index in [9.17, 15) is 9.59 Å². The molecular formula is C16H18N2O4S. The molecule has 7 heteroatoms. The molecule has 2 unspecified atom stereocenters. The first-order valence-corrected chi connectivity index (χ1v) is 8.61. The van der Waals surface area contributed by atoms with Crippen molar-refractivity contribution in [3.8, 4) is 0 Å². The first-order chi connectivity index (χ1) is 11.2. The summed E-state index contributed by atoms with van der Waals surface area (Å²) >= 11 is 1.47. The average molecular weight is 334 g/mol. The van der Waals surface area contributed by atoms with E-state index < -0.39 is 4.87 Å². The SMILES string of the molecule is O=C1CCC2(C(=O)NCC3COCCO3)Sc3ccccc3N12. The Hall–Kier alpha value is -1.57. The van der Waals surface area contributed by atoms with Gasteiger partial charge >= 0.3 is 0 Å². The van der Waals surface area contributed by atoms with Crippen LogP contribution in [0.4, 0.5) is 5.69 Å². The van der Waals surface area contributed by atoms with Crippen molar-refractivity contribution < 1.29 is 19.1 Å². The van der Waals surface area contributed by atoms with E-state index in [1.165, 1.54) is 11.8 Å². The summed E-state index contributed by atoms with van der Waals surface area (Å²) in [4.78, 5) is 27.0. The third-order valence-corrected chi connectivity index (χ3v) is 5.88. The van der Waals surface area contributed by atoms with E-state index in [2.05, 4.69) is 5.32 Å². The fraction of sp³-hybridized carbons (Fsp3) is 0.500. The minimum absolute atomic E-state index is 0.00912. The van der Waals surface area contributed by atoms with Crippen molar-refractivity contribution in [2.75, 3.05) is 31.3 Å². The molecule has 2 atom stereocenters. The maximum atomic E-state index is 12.9. The van der Waals surface area contributed by atoms with Gasteiger partial charge in [0, 0.05) is 17.9 Å². The molecule has 1 aromatic carbocycles. The number of anilines is 1. The number of hydrogen-bond donors (Lipinski definition) is 1. The van der Waals surface area contributed by atoms with Crippen molar-refractivity contribution in [3.63, 3.8) is 0 Å². The summed E-state index contributed by atoms with van der Waals surface area (Å²) in [6, 6.07) is 7.68. The maximum absolute atomic E-state index is 12.9. The minimum Gasteiger partial charge on any atom is -0.376 e. The molecule has 2 saturated heterocycles. The highest BCUT2D eigenvalue weighted by atomic mass is 32.2. The molecule has 0 bridgehead atoms. The van der Waals surface area contributed by atoms with Gasteiger partial charge in [-0.1, -0.05) is 23.9 Å². The Balaban J connectivity index is 1.52. The van der Waals surface area contributed by atoms with E-state index in [0.29, 0.717) is 39.2 Å². The number of benzene rings is 1. The zero-order valence-corrected chi connectivity index (χ0v) is 13.4. The van der Waals surface area contributed by atoms with Gasteiger partial charge in [0.25, 0.3) is 5.91 Å². The molecule has 2 amide bonds. The Bertz CT molecular complexity index is 647. The van der Waals surface area contributed by atoms with Gasteiger partial charge in [0.1, 0.15) is 0 Å². The van der Waals surface area contributed by atoms with Crippen LogP contribution in [0, 0.1) is 0 Å². The first kappa shape index (κ1) is 15.0. The molecule has 3 heterocycles. The quantitative estimate of drug-likeness (QED) is 0.898. The van der Waals surface area contributed by atoms with Crippen molar-refractivity contribution in [2.24, 2.45) is 0 Å². The largest absolute Gasteiger partial charge is 0.376 e. The van der Waals surface area contributed by atoms with Crippen molar-refractivity contribution in [3.05, 3.63) is 24.3 Å². The summed E-state index contributed by atoms with van der Waals surface area (Å²) in [5, 5.41) is 2.95. The highest BCUT2D eigenvalue weighted by Crippen LogP contribution is 2.55. The molecule has 0 spiro atoms. The average Bonchev–Trinajstić information content (AvgIpc) is 3.10. The molecule has 4 rings (SSSR count). The molecule has 2 fully saturated rings. The monoisotopic (exact) mass is 334 g/mol. The van der Waals surface area contributed by atoms with E-state index >= 15 is 0 Å². The fourth-order valence-corrected chi connectivity index (χ4v) is 4.73. The number of thioether (sulfide) groups is 1. The minimum atomic E-state index is -0.851. The summed E-state index contributed by atoms with van der Waals surface area (Å²) in [6.07, 6.45) is 0.806. The molecule has 122 valence electrons. The normalized spacial score (nSPS) is 29.3. The number of nitrogens with zero attached hydrogens (tertiary/aromatic N) is 1. The molecule has 0 saturated carbocycles. The smallest absolute Gasteiger partial charge is 0.257 e. The van der Waals surface area contributed by atoms with Crippen LogP contribution in [-0.4, -0.2) is 49.2 Å². The van der Waals surface area contributed by atoms with Crippen molar-refractivity contribution >= 4 is 29.3 Å². The lowest BCUT2D eigenvalue weighted by Gasteiger charge is -2.31. The van der Waals surface area contributed by atoms with Gasteiger partial charge in [-0.2, -0.15) is 0 Å². The number of para-hydroxylation sites is 1. The number of carbonyl (C=O) groups is 2. The van der Waals surface area contributed by atoms with Crippen molar-refractivity contribution in [2.45, 2.75) is 28.7 Å². The summed E-state index contributed by atoms with van der Waals surface area (Å²) in [6.45, 7) is 2.04. The zero-order valence-electron chi connectivity index (χ0n) is 12.6. The summed E-state index contributed by atoms with van der Waals surface area (Å²) < 4.78 is 10.9. The number of ether oxygens (including phenoxy) is 2. The molecular weight excluding hydrogens is 316 g/mol. The van der Waals surface area contributed by atoms with E-state index in [-0.39, 0.29) is 17.9 Å². The third kappa shape index (κ3) is 2.43. The summed E-state index contributed by atoms with van der Waals surface area (Å²) in [5.41, 5.74) is 0.840. The van der Waals surface area contributed by atoms with Crippen LogP contribution in [-0.2, 0) is 19.1 Å². The van der Waals surface area contributed by atoms with Crippen LogP contribution < -0.4 is 10.2 Å². The molecule has 23 heavy (non-hydrogen) atoms. The predicted octanol–water partition coefficient (Wildman–Crippen LogP) is 1.15. The first-order valence-electron chi connectivity index (χ1n) is 7.79. The van der Waals surface area contributed by atoms with Gasteiger partial charge in [-0.15, -0.1) is 0 Å². The highest BCUT2D eigenvalue weighted by Gasteiger charge is 2.57. The predicted molar refractivity (Wildman–Crippen MR) is 85.3 cm³/mol. The van der Waals surface area contributed by atoms with E-state index in [0.717, 1.165) is 10.6 Å². The number of hydrogen-bond acceptors (Lipinski definition) is 5. The van der Waals surface area contributed by atoms with E-state index in [1.54, 1.807) is 4.90 Å². The lowest BCUT2D eigenvalue weighted by molar-refractivity contribution is -0.127. The highest BCUT2D eigenvalue weighted by molar-refractivity contribution is 8.02. The third-order valence-electron chi connectivity index (χ3n) is 4.40. The van der Waals surface area contributed by atoms with Crippen LogP contribution in [0.1, 0.15) is 12.8 Å². The number of fused-ring (bicyclic) bond motifs is 3. The van der Waals surface area contributed by atoms with Crippen LogP contribution in [0.2, 0.25) is 0 Å². The van der Waals surface area contributed by atoms with Gasteiger partial charge in [-0.3, -0.25) is 14.5 Å². The Morgan fingerprint density at radius 1 is 1.39 bits per heavy atom. The van der Waals surface area contributed by atoms with Gasteiger partial charge in [-0.25, -0.2) is 0 Å². The number of carbonyl (C=O) groups excluding carboxylic acids is 2. The lowest BCUT2D eigenvalue weighted by Crippen LogP contribution is -2.54. The van der Waals surface area contributed by atoms with Gasteiger partial charge in [0.05, 0.1) is 31.6 Å². The standard InChI is InChI=1S/C16H18N2O4S/c19-14-5-6-16(15(20)17-9-11-10-21-7-8-22-11)18(14)12-3-1-2-4-13(12)23-16/h1-4,11H,5-10H2,(H,17,20). The van der Waals surface area contributed by atoms with Gasteiger partial charge in [0.15, 0.2) is 4.87 Å². The maximum Gasteiger partial charge on any atom is 0.257 e. The Kier molecular flexibility index (Phi) is 3.79. The van der Waals surface area contributed by atoms with Gasteiger partial charge < -0.3 is 14.8 Å². The lowest BCUT2D eigenvalue weighted by atomic mass is 10.1. The molecule has 0 radical (unpaired) electrons. The molecule has 3 aliphatic rings. The Morgan fingerprint density at radius 2 is 2.26 bits per heavy atom. The molecule has 0 aliphatic carbocycles. The zero-order chi connectivity index (χ0) is 15.9. The van der Waals surface area contributed by atoms with Crippen LogP contribution in [0.25, 0.3) is 0 Å². The van der Waals surface area contributed by atoms with Gasteiger partial charge in [0.2, 0.25) is 5.91 Å². The second kappa shape index (κ2) is 5.81. The van der Waals surface area contributed by atoms with Crippen LogP contribution >= 0.6 is 11.8 Å². The number of nitrogens with one attached hydrogen (secondary N) is 1. The molecule has 1 aromatic rings. The fourth-order valence-electron chi connectivity index (χ4n) is 3.30. The van der Waals surface area contributed by atoms with Crippen LogP contribution in [0.5, 0.6) is 0 Å². The molecule has 1 N–H and O–H groups in total. The van der Waals surface area contributed by atoms with Crippen LogP contribution in [0.15, 0.2) is 29.2 Å². The summed E-state index contributed by atoms with van der Waals surface area (Å²) in [7, 11) is 0. The molecule has 3 aliphatic heterocycles. The van der Waals surface area contributed by atoms with Crippen LogP contribution in [0.3, 0.4) is 0 Å². The number of amides is 2. The molecule has 0 aromatic heterocycles. The summed E-state index contributed by atoms with van der Waals surface area (Å²) in [5.74, 6) is -0.117. The Morgan fingerprint density at radius 3 is 3.09 bits per heavy atom. The van der Waals surface area contributed by atoms with Gasteiger partial charge in [-0.05, 0) is 18.6 Å². The van der Waals surface area contributed by atoms with E-state index in [1.807, 2.05) is 24.3 Å².